The van der Waals surface area contributed by atoms with Crippen molar-refractivity contribution in [2.45, 2.75) is 51.4 Å². The zero-order valence-electron chi connectivity index (χ0n) is 23.8. The fourth-order valence-electron chi connectivity index (χ4n) is 4.73. The number of hydrogen-bond donors (Lipinski definition) is 1. The molecule has 2 aromatic rings. The number of allylic oxidation sites excluding steroid dienone is 2. The van der Waals surface area contributed by atoms with Gasteiger partial charge in [0.25, 0.3) is 15.1 Å². The Labute approximate surface area is 276 Å². The Hall–Kier alpha value is -0.720. The second-order valence-electron chi connectivity index (χ2n) is 9.74. The van der Waals surface area contributed by atoms with Crippen molar-refractivity contribution < 1.29 is 30.5 Å². The zero-order valence-corrected chi connectivity index (χ0v) is 30.0. The first-order valence-corrected chi connectivity index (χ1v) is 20.0. The largest absolute Gasteiger partial charge is 0.748 e. The minimum Gasteiger partial charge on any atom is -0.748 e. The minimum atomic E-state index is -4.32. The molecule has 1 aromatic carbocycles. The van der Waals surface area contributed by atoms with Crippen LogP contribution in [0.3, 0.4) is 0 Å². The molecule has 0 saturated carbocycles. The van der Waals surface area contributed by atoms with E-state index in [1.54, 1.807) is 17.8 Å². The van der Waals surface area contributed by atoms with Crippen molar-refractivity contribution in [2.75, 3.05) is 37.7 Å². The molecule has 2 aliphatic rings. The number of benzene rings is 1. The van der Waals surface area contributed by atoms with Crippen LogP contribution in [0.25, 0.3) is 16.3 Å². The Morgan fingerprint density at radius 1 is 1.14 bits per heavy atom. The molecule has 42 heavy (non-hydrogen) atoms. The monoisotopic (exact) mass is 789 g/mol. The molecular weight excluding hydrogens is 753 g/mol. The molecule has 0 spiro atoms. The first kappa shape index (κ1) is 35.8. The van der Waals surface area contributed by atoms with E-state index >= 15 is 0 Å². The Kier molecular flexibility index (Phi) is 13.6. The summed E-state index contributed by atoms with van der Waals surface area (Å²) in [5.74, 6) is -0.775. The lowest BCUT2D eigenvalue weighted by Crippen LogP contribution is -2.37. The Morgan fingerprint density at radius 2 is 1.83 bits per heavy atom. The summed E-state index contributed by atoms with van der Waals surface area (Å²) in [5, 5.41) is 2.53. The van der Waals surface area contributed by atoms with E-state index in [1.807, 2.05) is 22.8 Å². The van der Waals surface area contributed by atoms with Crippen LogP contribution < -0.4 is 4.57 Å². The molecule has 1 aliphatic heterocycles. The van der Waals surface area contributed by atoms with Crippen molar-refractivity contribution in [3.8, 4) is 0 Å². The summed E-state index contributed by atoms with van der Waals surface area (Å²) in [6.07, 6.45) is 8.80. The van der Waals surface area contributed by atoms with Gasteiger partial charge in [-0.15, -0.1) is 0 Å². The molecule has 1 fully saturated rings. The van der Waals surface area contributed by atoms with Crippen molar-refractivity contribution in [1.82, 2.24) is 9.80 Å². The highest BCUT2D eigenvalue weighted by molar-refractivity contribution is 14.1. The molecule has 1 aliphatic carbocycles. The maximum atomic E-state index is 11.3. The van der Waals surface area contributed by atoms with Crippen LogP contribution in [0.1, 0.15) is 38.6 Å². The minimum absolute atomic E-state index is 0.0485. The van der Waals surface area contributed by atoms with Crippen LogP contribution in [-0.4, -0.2) is 84.7 Å². The van der Waals surface area contributed by atoms with Gasteiger partial charge in [0, 0.05) is 33.4 Å². The van der Waals surface area contributed by atoms with E-state index in [0.29, 0.717) is 18.1 Å². The van der Waals surface area contributed by atoms with Crippen molar-refractivity contribution in [1.29, 1.82) is 0 Å². The van der Waals surface area contributed by atoms with E-state index in [2.05, 4.69) is 71.4 Å². The summed E-state index contributed by atoms with van der Waals surface area (Å²) in [4.78, 5) is 4.52. The fourth-order valence-corrected chi connectivity index (χ4v) is 8.95. The quantitative estimate of drug-likeness (QED) is 0.172. The molecular formula is C27H37ClIN3O6S4. The maximum Gasteiger partial charge on any atom is 0.265 e. The number of nitrogens with zero attached hydrogens (tertiary/aromatic N) is 3. The van der Waals surface area contributed by atoms with Gasteiger partial charge in [-0.3, -0.25) is 4.55 Å². The van der Waals surface area contributed by atoms with Gasteiger partial charge in [0.05, 0.1) is 38.3 Å². The molecule has 1 saturated heterocycles. The molecule has 2 unspecified atom stereocenters. The molecule has 15 heteroatoms. The van der Waals surface area contributed by atoms with Crippen LogP contribution in [0.15, 0.2) is 45.0 Å². The van der Waals surface area contributed by atoms with E-state index in [-0.39, 0.29) is 29.9 Å². The number of fused-ring (bicyclic) bond motifs is 2. The topological polar surface area (TPSA) is 122 Å². The predicted octanol–water partition coefficient (Wildman–Crippen LogP) is 5.38. The average Bonchev–Trinajstić information content (AvgIpc) is 3.41. The lowest BCUT2D eigenvalue weighted by Gasteiger charge is -2.27. The standard InChI is InChI=1S/C21H22ClIN2O6S4.C6H15N/c22-14-3-5-18-16(11-14)24(7-1-9-34(26,27)28)20(32-18)13-21-25(8-2-10-35(29,30)31)17-12-15(23)4-6-19(17)33-21;1-4-7(5-2)6-3/h3-6,11-13,17,19H,1-2,7-10H2,(H-,26,27,28,29,30,31);4-6H2,1-3H3. The number of rotatable bonds is 12. The van der Waals surface area contributed by atoms with Gasteiger partial charge in [-0.05, 0) is 66.9 Å². The van der Waals surface area contributed by atoms with Gasteiger partial charge >= 0.3 is 0 Å². The van der Waals surface area contributed by atoms with Crippen LogP contribution in [-0.2, 0) is 26.8 Å². The summed E-state index contributed by atoms with van der Waals surface area (Å²) in [6, 6.07) is 5.57. The van der Waals surface area contributed by atoms with Crippen molar-refractivity contribution in [3.05, 3.63) is 55.1 Å². The highest BCUT2D eigenvalue weighted by Gasteiger charge is 2.37. The number of halogens is 2. The highest BCUT2D eigenvalue weighted by Crippen LogP contribution is 2.44. The molecule has 9 nitrogen and oxygen atoms in total. The summed E-state index contributed by atoms with van der Waals surface area (Å²) in [6.45, 7) is 10.9. The maximum absolute atomic E-state index is 11.3. The number of hydrogen-bond acceptors (Lipinski definition) is 9. The van der Waals surface area contributed by atoms with E-state index in [4.69, 9.17) is 11.6 Å². The molecule has 2 heterocycles. The van der Waals surface area contributed by atoms with Gasteiger partial charge in [-0.2, -0.15) is 13.0 Å². The van der Waals surface area contributed by atoms with E-state index in [1.165, 1.54) is 31.0 Å². The van der Waals surface area contributed by atoms with Crippen molar-refractivity contribution in [3.63, 3.8) is 0 Å². The Morgan fingerprint density at radius 3 is 2.43 bits per heavy atom. The third-order valence-corrected chi connectivity index (χ3v) is 11.8. The predicted molar refractivity (Wildman–Crippen MR) is 182 cm³/mol. The van der Waals surface area contributed by atoms with Crippen LogP contribution >= 0.6 is 57.3 Å². The molecule has 0 radical (unpaired) electrons. The first-order valence-electron chi connectivity index (χ1n) is 13.7. The molecule has 234 valence electrons. The third kappa shape index (κ3) is 10.7. The van der Waals surface area contributed by atoms with Gasteiger partial charge < -0.3 is 14.4 Å². The van der Waals surface area contributed by atoms with Crippen LogP contribution in [0, 0.1) is 0 Å². The molecule has 1 N–H and O–H groups in total. The van der Waals surface area contributed by atoms with Crippen LogP contribution in [0.4, 0.5) is 0 Å². The third-order valence-electron chi connectivity index (χ3n) is 6.87. The second kappa shape index (κ2) is 16.0. The number of thiazole rings is 1. The summed E-state index contributed by atoms with van der Waals surface area (Å²) in [7, 11) is -8.38. The molecule has 0 bridgehead atoms. The zero-order chi connectivity index (χ0) is 31.1. The SMILES string of the molecule is CCN(CC)CC.O=S(=O)([O-])CCC[n+]1c(/C=C2\SC3C=CC(I)=CC3N2CCCS(=O)(=O)O)sc2ccc(Cl)cc21. The second-order valence-corrected chi connectivity index (χ2v) is 16.8. The molecule has 2 atom stereocenters. The summed E-state index contributed by atoms with van der Waals surface area (Å²) >= 11 is 11.7. The van der Waals surface area contributed by atoms with Gasteiger partial charge in [0.2, 0.25) is 5.52 Å². The van der Waals surface area contributed by atoms with Crippen molar-refractivity contribution >= 4 is 93.8 Å². The van der Waals surface area contributed by atoms with Gasteiger partial charge in [-0.25, -0.2) is 8.42 Å². The Balaban J connectivity index is 0.000000616. The smallest absolute Gasteiger partial charge is 0.265 e. The molecule has 4 rings (SSSR count). The van der Waals surface area contributed by atoms with E-state index < -0.39 is 26.0 Å². The van der Waals surface area contributed by atoms with Crippen molar-refractivity contribution in [2.24, 2.45) is 0 Å². The van der Waals surface area contributed by atoms with E-state index in [0.717, 1.165) is 23.8 Å². The van der Waals surface area contributed by atoms with Crippen LogP contribution in [0.2, 0.25) is 5.02 Å². The number of aryl methyl sites for hydroxylation is 1. The highest BCUT2D eigenvalue weighted by atomic mass is 127. The molecule has 0 amide bonds. The summed E-state index contributed by atoms with van der Waals surface area (Å²) in [5.41, 5.74) is 0.852. The van der Waals surface area contributed by atoms with Gasteiger partial charge in [0.1, 0.15) is 4.70 Å². The lowest BCUT2D eigenvalue weighted by molar-refractivity contribution is -0.668. The van der Waals surface area contributed by atoms with Gasteiger partial charge in [-0.1, -0.05) is 67.6 Å². The summed E-state index contributed by atoms with van der Waals surface area (Å²) < 4.78 is 69.2. The van der Waals surface area contributed by atoms with Gasteiger partial charge in [0.15, 0.2) is 6.54 Å². The molecule has 1 aromatic heterocycles. The first-order chi connectivity index (χ1) is 19.7. The fraction of sp³-hybridized carbons (Fsp3) is 0.519. The Bertz CT molecular complexity index is 1530. The van der Waals surface area contributed by atoms with Crippen LogP contribution in [0.5, 0.6) is 0 Å². The number of aromatic nitrogens is 1. The normalized spacial score (nSPS) is 19.8. The van der Waals surface area contributed by atoms with E-state index in [9.17, 15) is 25.9 Å². The lowest BCUT2D eigenvalue weighted by atomic mass is 10.1. The average molecular weight is 790 g/mol. The number of thioether (sulfide) groups is 1.